The largest absolute Gasteiger partial charge is 0.493 e. The van der Waals surface area contributed by atoms with Crippen LogP contribution in [0.1, 0.15) is 177 Å². The molecule has 398 valence electrons. The minimum absolute atomic E-state index is 0.113. The number of allylic oxidation sites excluding steroid dienone is 4. The van der Waals surface area contributed by atoms with Gasteiger partial charge in [0.1, 0.15) is 5.75 Å². The summed E-state index contributed by atoms with van der Waals surface area (Å²) in [7, 11) is 0. The van der Waals surface area contributed by atoms with E-state index in [0.717, 1.165) is 110 Å². The molecule has 0 bridgehead atoms. The summed E-state index contributed by atoms with van der Waals surface area (Å²) < 4.78 is 21.9. The van der Waals surface area contributed by atoms with Gasteiger partial charge >= 0.3 is 0 Å². The van der Waals surface area contributed by atoms with E-state index in [2.05, 4.69) is 174 Å². The quantitative estimate of drug-likeness (QED) is 0.0444. The maximum Gasteiger partial charge on any atom is 0.198 e. The average molecular weight is 1010 g/mol. The zero-order valence-corrected chi connectivity index (χ0v) is 47.2. The molecule has 4 radical (unpaired) electrons. The van der Waals surface area contributed by atoms with Crippen molar-refractivity contribution in [3.05, 3.63) is 189 Å². The van der Waals surface area contributed by atoms with Crippen LogP contribution in [-0.4, -0.2) is 52.5 Å². The van der Waals surface area contributed by atoms with Crippen LogP contribution in [0.5, 0.6) is 5.75 Å². The third-order valence-electron chi connectivity index (χ3n) is 13.1. The molecule has 6 nitrogen and oxygen atoms in total. The molecule has 0 heterocycles. The Balaban J connectivity index is 0.000000182. The van der Waals surface area contributed by atoms with Gasteiger partial charge in [0, 0.05) is 81.6 Å². The Labute approximate surface area is 453 Å². The highest BCUT2D eigenvalue weighted by molar-refractivity contribution is 5.94. The van der Waals surface area contributed by atoms with E-state index >= 15 is 0 Å². The number of aldehydes is 1. The number of carbonyl (C=O) groups excluding carboxylic acids is 1. The molecule has 0 unspecified atom stereocenters. The normalized spacial score (nSPS) is 14.9. The van der Waals surface area contributed by atoms with Crippen molar-refractivity contribution >= 4 is 22.6 Å². The average Bonchev–Trinajstić information content (AvgIpc) is 4.15. The minimum atomic E-state index is -0.270. The molecule has 0 aliphatic heterocycles. The standard InChI is InChI=1S/C23H35O.C18H19O.C12H6O2.2C8H13O/c1-9-11-24-12-10-17-14-18(17)19-13-16(2)20(22(3,4)5)15-21(19)23(6,7)8;1-2-4-6-16(5-3-1)17-9-11-18(12-10-17)19-14-13-15-7-8-15;13-8-10-6-3-5-9-4-1-2-7-11(9)12(10)14;2*1-2-6-9-7-5-8-3-4-8/h13-15H,9-12H2,1-8H3;7-12,16H,3-6,13-14H2;1-2,4,6-8H;2*3-4H,2,5-7H2,1H3. The van der Waals surface area contributed by atoms with Gasteiger partial charge in [-0.05, 0) is 133 Å². The maximum absolute atomic E-state index is 11.7. The second kappa shape index (κ2) is 31.5. The zero-order chi connectivity index (χ0) is 54.1. The van der Waals surface area contributed by atoms with Crippen LogP contribution in [0.25, 0.3) is 16.3 Å². The molecule has 4 aromatic carbocycles. The number of ether oxygens (including phenoxy) is 4. The zero-order valence-electron chi connectivity index (χ0n) is 47.2. The van der Waals surface area contributed by atoms with E-state index in [1.165, 1.54) is 74.6 Å². The van der Waals surface area contributed by atoms with Gasteiger partial charge in [0.15, 0.2) is 11.7 Å². The fourth-order valence-corrected chi connectivity index (χ4v) is 8.49. The predicted molar refractivity (Wildman–Crippen MR) is 313 cm³/mol. The third-order valence-corrected chi connectivity index (χ3v) is 13.1. The molecule has 0 amide bonds. The van der Waals surface area contributed by atoms with Gasteiger partial charge in [-0.3, -0.25) is 9.59 Å². The molecular formula is C69H86O6. The van der Waals surface area contributed by atoms with Crippen molar-refractivity contribution in [2.24, 2.45) is 0 Å². The Bertz CT molecular complexity index is 2630. The van der Waals surface area contributed by atoms with Crippen molar-refractivity contribution in [3.63, 3.8) is 0 Å². The number of benzene rings is 3. The molecule has 0 spiro atoms. The molecule has 0 atom stereocenters. The van der Waals surface area contributed by atoms with Crippen LogP contribution in [-0.2, 0) is 25.0 Å². The number of rotatable bonds is 22. The Morgan fingerprint density at radius 3 is 1.67 bits per heavy atom. The highest BCUT2D eigenvalue weighted by Gasteiger charge is 2.31. The Kier molecular flexibility index (Phi) is 25.4. The first-order chi connectivity index (χ1) is 36.2. The number of carbonyl (C=O) groups is 1. The Hall–Kier alpha value is -5.50. The molecular weight excluding hydrogens is 925 g/mol. The highest BCUT2D eigenvalue weighted by atomic mass is 16.5. The molecule has 9 rings (SSSR count). The number of fused-ring (bicyclic) bond motifs is 1. The topological polar surface area (TPSA) is 71.1 Å². The molecule has 4 aromatic rings. The highest BCUT2D eigenvalue weighted by Crippen LogP contribution is 2.46. The van der Waals surface area contributed by atoms with Gasteiger partial charge in [-0.15, -0.1) is 11.8 Å². The summed E-state index contributed by atoms with van der Waals surface area (Å²) in [5.74, 6) is 8.08. The Morgan fingerprint density at radius 1 is 0.640 bits per heavy atom. The summed E-state index contributed by atoms with van der Waals surface area (Å²) in [5.41, 5.74) is 14.6. The van der Waals surface area contributed by atoms with Crippen LogP contribution in [0.4, 0.5) is 0 Å². The van der Waals surface area contributed by atoms with Crippen molar-refractivity contribution in [2.45, 2.75) is 157 Å². The molecule has 0 fully saturated rings. The molecule has 6 heteroatoms. The van der Waals surface area contributed by atoms with Crippen molar-refractivity contribution in [1.82, 2.24) is 0 Å². The molecule has 5 aliphatic carbocycles. The van der Waals surface area contributed by atoms with Gasteiger partial charge < -0.3 is 18.9 Å². The molecule has 0 saturated carbocycles. The molecule has 5 aliphatic rings. The third kappa shape index (κ3) is 22.7. The van der Waals surface area contributed by atoms with E-state index in [-0.39, 0.29) is 21.8 Å². The summed E-state index contributed by atoms with van der Waals surface area (Å²) >= 11 is 0. The van der Waals surface area contributed by atoms with Crippen LogP contribution in [0.3, 0.4) is 0 Å². The lowest BCUT2D eigenvalue weighted by atomic mass is 9.76. The van der Waals surface area contributed by atoms with Crippen LogP contribution in [0, 0.1) is 56.6 Å². The number of hydrogen-bond acceptors (Lipinski definition) is 6. The van der Waals surface area contributed by atoms with Gasteiger partial charge in [0.25, 0.3) is 0 Å². The van der Waals surface area contributed by atoms with Crippen molar-refractivity contribution < 1.29 is 23.7 Å². The lowest BCUT2D eigenvalue weighted by molar-refractivity contribution is 0.112. The first-order valence-electron chi connectivity index (χ1n) is 27.7. The lowest BCUT2D eigenvalue weighted by Crippen LogP contribution is -2.19. The van der Waals surface area contributed by atoms with Gasteiger partial charge in [-0.2, -0.15) is 0 Å². The van der Waals surface area contributed by atoms with E-state index in [1.807, 2.05) is 6.07 Å². The monoisotopic (exact) mass is 1010 g/mol. The predicted octanol–water partition coefficient (Wildman–Crippen LogP) is 16.1. The summed E-state index contributed by atoms with van der Waals surface area (Å²) in [6.07, 6.45) is 27.8. The first-order valence-corrected chi connectivity index (χ1v) is 27.7. The van der Waals surface area contributed by atoms with Gasteiger partial charge in [0.2, 0.25) is 0 Å². The second-order valence-electron chi connectivity index (χ2n) is 21.8. The van der Waals surface area contributed by atoms with E-state index < -0.39 is 0 Å². The smallest absolute Gasteiger partial charge is 0.198 e. The molecule has 0 aromatic heterocycles. The van der Waals surface area contributed by atoms with Crippen LogP contribution < -0.4 is 10.2 Å². The maximum atomic E-state index is 11.7. The second-order valence-corrected chi connectivity index (χ2v) is 21.8. The number of hydrogen-bond donors (Lipinski definition) is 0. The van der Waals surface area contributed by atoms with Crippen molar-refractivity contribution in [2.75, 3.05) is 46.2 Å². The van der Waals surface area contributed by atoms with Crippen molar-refractivity contribution in [1.29, 1.82) is 0 Å². The summed E-state index contributed by atoms with van der Waals surface area (Å²) in [6, 6.07) is 27.4. The SMILES string of the molecule is C1#CCCC(c2ccc(OCCC3=C[CH]3)cc2)CC1.CCCOCCC1=C(c2cc(C)c(C(C)(C)C)cc2C(C)(C)C)[CH]1.CCCOCCC1=C[CH]1.CCCOCCC1=C[CH]1.O=Cc1cc#cc2ccccc2c1=O. The van der Waals surface area contributed by atoms with Gasteiger partial charge in [-0.25, -0.2) is 0 Å². The Morgan fingerprint density at radius 2 is 1.16 bits per heavy atom. The summed E-state index contributed by atoms with van der Waals surface area (Å²) in [4.78, 5) is 22.3. The fourth-order valence-electron chi connectivity index (χ4n) is 8.49. The molecule has 0 saturated heterocycles. The van der Waals surface area contributed by atoms with E-state index in [4.69, 9.17) is 18.9 Å². The van der Waals surface area contributed by atoms with E-state index in [0.29, 0.717) is 23.0 Å². The van der Waals surface area contributed by atoms with Gasteiger partial charge in [0.05, 0.1) is 32.0 Å². The van der Waals surface area contributed by atoms with Gasteiger partial charge in [-0.1, -0.05) is 151 Å². The van der Waals surface area contributed by atoms with E-state index in [9.17, 15) is 9.59 Å². The molecule has 0 N–H and O–H groups in total. The van der Waals surface area contributed by atoms with Crippen LogP contribution in [0.2, 0.25) is 0 Å². The molecule has 75 heavy (non-hydrogen) atoms. The minimum Gasteiger partial charge on any atom is -0.493 e. The van der Waals surface area contributed by atoms with Crippen LogP contribution >= 0.6 is 0 Å². The number of aryl methyl sites for hydroxylation is 1. The summed E-state index contributed by atoms with van der Waals surface area (Å²) in [6.45, 7) is 28.6. The van der Waals surface area contributed by atoms with Crippen molar-refractivity contribution in [3.8, 4) is 17.6 Å². The fraction of sp³-hybridized carbons (Fsp3) is 0.449. The van der Waals surface area contributed by atoms with E-state index in [1.54, 1.807) is 18.2 Å². The lowest BCUT2D eigenvalue weighted by Gasteiger charge is -2.29. The summed E-state index contributed by atoms with van der Waals surface area (Å²) in [5, 5.41) is 1.17. The van der Waals surface area contributed by atoms with Crippen LogP contribution in [0.15, 0.2) is 112 Å². The first kappa shape index (κ1) is 60.4.